The van der Waals surface area contributed by atoms with Crippen LogP contribution in [0.5, 0.6) is 0 Å². The number of hydrogen-bond acceptors (Lipinski definition) is 4. The number of ether oxygens (including phenoxy) is 1. The second-order valence-electron chi connectivity index (χ2n) is 9.07. The predicted octanol–water partition coefficient (Wildman–Crippen LogP) is 5.47. The Labute approximate surface area is 205 Å². The van der Waals surface area contributed by atoms with Gasteiger partial charge >= 0.3 is 6.09 Å². The summed E-state index contributed by atoms with van der Waals surface area (Å²) in [6, 6.07) is 28.1. The van der Waals surface area contributed by atoms with Gasteiger partial charge < -0.3 is 20.3 Å². The molecular formula is C30H29NO4. The van der Waals surface area contributed by atoms with Gasteiger partial charge in [-0.1, -0.05) is 84.9 Å². The van der Waals surface area contributed by atoms with Gasteiger partial charge in [-0.25, -0.2) is 4.79 Å². The fourth-order valence-electron chi connectivity index (χ4n) is 5.12. The van der Waals surface area contributed by atoms with Crippen LogP contribution < -0.4 is 5.32 Å². The molecule has 5 nitrogen and oxygen atoms in total. The molecule has 0 heterocycles. The van der Waals surface area contributed by atoms with Crippen LogP contribution >= 0.6 is 0 Å². The highest BCUT2D eigenvalue weighted by Gasteiger charge is 2.29. The van der Waals surface area contributed by atoms with Gasteiger partial charge in [-0.05, 0) is 57.5 Å². The van der Waals surface area contributed by atoms with Crippen molar-refractivity contribution in [3.63, 3.8) is 0 Å². The van der Waals surface area contributed by atoms with Crippen LogP contribution in [0.15, 0.2) is 84.9 Å². The molecule has 4 aromatic carbocycles. The molecular weight excluding hydrogens is 438 g/mol. The number of amides is 1. The van der Waals surface area contributed by atoms with Crippen molar-refractivity contribution in [3.8, 4) is 11.1 Å². The number of alkyl carbamates (subject to hydrolysis) is 1. The monoisotopic (exact) mass is 467 g/mol. The summed E-state index contributed by atoms with van der Waals surface area (Å²) in [5, 5.41) is 26.2. The molecule has 5 heteroatoms. The summed E-state index contributed by atoms with van der Waals surface area (Å²) < 4.78 is 5.55. The SMILES string of the molecule is Cc1ccc2ccccc2c1C(O)C(O)CCNC(=O)OCC1c2ccccc2-c2ccccc21. The average Bonchev–Trinajstić information content (AvgIpc) is 3.20. The topological polar surface area (TPSA) is 78.8 Å². The number of aryl methyl sites for hydroxylation is 1. The van der Waals surface area contributed by atoms with Crippen molar-refractivity contribution in [2.75, 3.05) is 13.2 Å². The maximum atomic E-state index is 12.4. The lowest BCUT2D eigenvalue weighted by atomic mass is 9.92. The summed E-state index contributed by atoms with van der Waals surface area (Å²) in [6.07, 6.45) is -2.40. The van der Waals surface area contributed by atoms with Gasteiger partial charge in [0, 0.05) is 12.5 Å². The molecule has 0 spiro atoms. The van der Waals surface area contributed by atoms with Gasteiger partial charge in [0.15, 0.2) is 0 Å². The molecule has 0 bridgehead atoms. The number of nitrogens with one attached hydrogen (secondary N) is 1. The van der Waals surface area contributed by atoms with Crippen LogP contribution in [-0.4, -0.2) is 35.6 Å². The lowest BCUT2D eigenvalue weighted by Gasteiger charge is -2.22. The molecule has 0 saturated carbocycles. The summed E-state index contributed by atoms with van der Waals surface area (Å²) in [5.41, 5.74) is 6.31. The van der Waals surface area contributed by atoms with E-state index in [2.05, 4.69) is 29.6 Å². The molecule has 1 amide bonds. The van der Waals surface area contributed by atoms with E-state index >= 15 is 0 Å². The standard InChI is InChI=1S/C30H29NO4/c1-19-14-15-20-8-2-3-9-21(20)28(19)29(33)27(32)16-17-31-30(34)35-18-26-24-12-6-4-10-22(24)23-11-5-7-13-25(23)26/h2-15,26-27,29,32-33H,16-18H2,1H3,(H,31,34). The number of hydrogen-bond donors (Lipinski definition) is 3. The molecule has 3 N–H and O–H groups in total. The van der Waals surface area contributed by atoms with Crippen LogP contribution in [0.4, 0.5) is 4.79 Å². The average molecular weight is 468 g/mol. The second kappa shape index (κ2) is 9.90. The zero-order chi connectivity index (χ0) is 24.4. The Morgan fingerprint density at radius 2 is 1.51 bits per heavy atom. The first kappa shape index (κ1) is 23.1. The van der Waals surface area contributed by atoms with Crippen molar-refractivity contribution >= 4 is 16.9 Å². The largest absolute Gasteiger partial charge is 0.449 e. The van der Waals surface area contributed by atoms with Crippen LogP contribution in [0.2, 0.25) is 0 Å². The summed E-state index contributed by atoms with van der Waals surface area (Å²) >= 11 is 0. The van der Waals surface area contributed by atoms with E-state index in [1.165, 1.54) is 11.1 Å². The highest BCUT2D eigenvalue weighted by Crippen LogP contribution is 2.44. The fourth-order valence-corrected chi connectivity index (χ4v) is 5.12. The highest BCUT2D eigenvalue weighted by atomic mass is 16.5. The minimum atomic E-state index is -1.05. The molecule has 1 aliphatic rings. The molecule has 1 aliphatic carbocycles. The van der Waals surface area contributed by atoms with E-state index in [1.807, 2.05) is 67.6 Å². The van der Waals surface area contributed by atoms with Crippen molar-refractivity contribution in [2.24, 2.45) is 0 Å². The first-order chi connectivity index (χ1) is 17.0. The molecule has 0 saturated heterocycles. The van der Waals surface area contributed by atoms with Gasteiger partial charge in [0.2, 0.25) is 0 Å². The lowest BCUT2D eigenvalue weighted by molar-refractivity contribution is 0.0141. The summed E-state index contributed by atoms with van der Waals surface area (Å²) in [4.78, 5) is 12.4. The Balaban J connectivity index is 1.17. The van der Waals surface area contributed by atoms with Gasteiger partial charge in [0.1, 0.15) is 12.7 Å². The smallest absolute Gasteiger partial charge is 0.407 e. The van der Waals surface area contributed by atoms with E-state index < -0.39 is 18.3 Å². The van der Waals surface area contributed by atoms with Crippen LogP contribution in [0.3, 0.4) is 0 Å². The Morgan fingerprint density at radius 1 is 0.886 bits per heavy atom. The number of fused-ring (bicyclic) bond motifs is 4. The van der Waals surface area contributed by atoms with E-state index in [4.69, 9.17) is 4.74 Å². The lowest BCUT2D eigenvalue weighted by Crippen LogP contribution is -2.31. The van der Waals surface area contributed by atoms with E-state index in [0.717, 1.165) is 33.0 Å². The van der Waals surface area contributed by atoms with Crippen molar-refractivity contribution in [1.29, 1.82) is 0 Å². The molecule has 2 atom stereocenters. The quantitative estimate of drug-likeness (QED) is 0.337. The third-order valence-electron chi connectivity index (χ3n) is 6.90. The maximum absolute atomic E-state index is 12.4. The van der Waals surface area contributed by atoms with E-state index in [9.17, 15) is 15.0 Å². The minimum Gasteiger partial charge on any atom is -0.449 e. The van der Waals surface area contributed by atoms with E-state index in [1.54, 1.807) is 0 Å². The van der Waals surface area contributed by atoms with Crippen LogP contribution in [0, 0.1) is 6.92 Å². The third kappa shape index (κ3) is 4.53. The molecule has 0 radical (unpaired) electrons. The molecule has 2 unspecified atom stereocenters. The molecule has 35 heavy (non-hydrogen) atoms. The number of aliphatic hydroxyl groups is 2. The van der Waals surface area contributed by atoms with Crippen LogP contribution in [-0.2, 0) is 4.74 Å². The number of rotatable bonds is 7. The van der Waals surface area contributed by atoms with Crippen LogP contribution in [0.25, 0.3) is 21.9 Å². The first-order valence-corrected chi connectivity index (χ1v) is 12.0. The summed E-state index contributed by atoms with van der Waals surface area (Å²) in [6.45, 7) is 2.35. The first-order valence-electron chi connectivity index (χ1n) is 12.0. The highest BCUT2D eigenvalue weighted by molar-refractivity contribution is 5.87. The second-order valence-corrected chi connectivity index (χ2v) is 9.07. The normalized spacial score (nSPS) is 14.3. The molecule has 5 rings (SSSR count). The van der Waals surface area contributed by atoms with Gasteiger partial charge in [-0.3, -0.25) is 0 Å². The van der Waals surface area contributed by atoms with Crippen molar-refractivity contribution in [3.05, 3.63) is 107 Å². The third-order valence-corrected chi connectivity index (χ3v) is 6.90. The van der Waals surface area contributed by atoms with Gasteiger partial charge in [0.05, 0.1) is 6.10 Å². The molecule has 0 fully saturated rings. The minimum absolute atomic E-state index is 0.00472. The summed E-state index contributed by atoms with van der Waals surface area (Å²) in [7, 11) is 0. The van der Waals surface area contributed by atoms with Crippen molar-refractivity contribution < 1.29 is 19.7 Å². The Hall–Kier alpha value is -3.67. The number of carbonyl (C=O) groups is 1. The van der Waals surface area contributed by atoms with E-state index in [-0.39, 0.29) is 25.5 Å². The zero-order valence-electron chi connectivity index (χ0n) is 19.6. The maximum Gasteiger partial charge on any atom is 0.407 e. The predicted molar refractivity (Wildman–Crippen MR) is 137 cm³/mol. The Kier molecular flexibility index (Phi) is 6.53. The Bertz CT molecular complexity index is 1320. The fraction of sp³-hybridized carbons (Fsp3) is 0.233. The molecule has 0 aromatic heterocycles. The Morgan fingerprint density at radius 3 is 2.23 bits per heavy atom. The van der Waals surface area contributed by atoms with Gasteiger partial charge in [-0.15, -0.1) is 0 Å². The number of benzene rings is 4. The van der Waals surface area contributed by atoms with Crippen molar-refractivity contribution in [2.45, 2.75) is 31.5 Å². The zero-order valence-corrected chi connectivity index (χ0v) is 19.6. The summed E-state index contributed by atoms with van der Waals surface area (Å²) in [5.74, 6) is -0.00472. The molecule has 178 valence electrons. The van der Waals surface area contributed by atoms with Crippen LogP contribution in [0.1, 0.15) is 40.7 Å². The van der Waals surface area contributed by atoms with Gasteiger partial charge in [0.25, 0.3) is 0 Å². The molecule has 4 aromatic rings. The van der Waals surface area contributed by atoms with Crippen molar-refractivity contribution in [1.82, 2.24) is 5.32 Å². The van der Waals surface area contributed by atoms with E-state index in [0.29, 0.717) is 0 Å². The molecule has 0 aliphatic heterocycles. The van der Waals surface area contributed by atoms with Gasteiger partial charge in [-0.2, -0.15) is 0 Å². The number of carbonyl (C=O) groups excluding carboxylic acids is 1. The number of aliphatic hydroxyl groups excluding tert-OH is 2.